The highest BCUT2D eigenvalue weighted by Crippen LogP contribution is 2.26. The lowest BCUT2D eigenvalue weighted by molar-refractivity contribution is -0.119. The number of hydrogen-bond acceptors (Lipinski definition) is 6. The SMILES string of the molecule is Cc1oc(NC(=O)COC(=O)c2ccc(SC(F)F)cc2)c(C#N)c1C. The highest BCUT2D eigenvalue weighted by molar-refractivity contribution is 7.99. The zero-order chi connectivity index (χ0) is 19.3. The van der Waals surface area contributed by atoms with Gasteiger partial charge in [-0.15, -0.1) is 0 Å². The Balaban J connectivity index is 1.92. The molecule has 1 amide bonds. The molecule has 9 heteroatoms. The summed E-state index contributed by atoms with van der Waals surface area (Å²) in [5.41, 5.74) is 0.940. The van der Waals surface area contributed by atoms with E-state index in [0.717, 1.165) is 0 Å². The molecule has 0 saturated carbocycles. The second-order valence-electron chi connectivity index (χ2n) is 5.13. The molecular formula is C17H14F2N2O4S. The van der Waals surface area contributed by atoms with Gasteiger partial charge in [-0.3, -0.25) is 10.1 Å². The molecular weight excluding hydrogens is 366 g/mol. The number of nitrogens with zero attached hydrogens (tertiary/aromatic N) is 1. The number of carbonyl (C=O) groups is 2. The van der Waals surface area contributed by atoms with Crippen LogP contribution >= 0.6 is 11.8 Å². The van der Waals surface area contributed by atoms with Gasteiger partial charge in [-0.2, -0.15) is 14.0 Å². The van der Waals surface area contributed by atoms with E-state index in [1.54, 1.807) is 13.8 Å². The molecule has 0 bridgehead atoms. The van der Waals surface area contributed by atoms with Gasteiger partial charge in [-0.25, -0.2) is 4.79 Å². The average Bonchev–Trinajstić information content (AvgIpc) is 2.86. The molecule has 0 aliphatic heterocycles. The maximum atomic E-state index is 12.2. The number of nitrogens with one attached hydrogen (secondary N) is 1. The number of benzene rings is 1. The summed E-state index contributed by atoms with van der Waals surface area (Å²) < 4.78 is 34.6. The van der Waals surface area contributed by atoms with E-state index in [9.17, 15) is 18.4 Å². The molecule has 0 radical (unpaired) electrons. The Hall–Kier alpha value is -2.86. The van der Waals surface area contributed by atoms with Gasteiger partial charge in [0.25, 0.3) is 11.7 Å². The van der Waals surface area contributed by atoms with Gasteiger partial charge in [0.15, 0.2) is 6.61 Å². The predicted molar refractivity (Wildman–Crippen MR) is 90.1 cm³/mol. The third-order valence-corrected chi connectivity index (χ3v) is 4.12. The molecule has 1 N–H and O–H groups in total. The molecule has 1 heterocycles. The van der Waals surface area contributed by atoms with E-state index >= 15 is 0 Å². The van der Waals surface area contributed by atoms with Crippen LogP contribution in [0.5, 0.6) is 0 Å². The second-order valence-corrected chi connectivity index (χ2v) is 6.19. The molecule has 0 spiro atoms. The Labute approximate surface area is 152 Å². The van der Waals surface area contributed by atoms with Crippen LogP contribution in [0.4, 0.5) is 14.7 Å². The summed E-state index contributed by atoms with van der Waals surface area (Å²) in [4.78, 5) is 24.1. The van der Waals surface area contributed by atoms with Crippen molar-refractivity contribution in [2.45, 2.75) is 24.5 Å². The third-order valence-electron chi connectivity index (χ3n) is 3.40. The van der Waals surface area contributed by atoms with Gasteiger partial charge in [0.2, 0.25) is 5.88 Å². The number of ether oxygens (including phenoxy) is 1. The summed E-state index contributed by atoms with van der Waals surface area (Å²) in [5.74, 6) is -3.51. The molecule has 26 heavy (non-hydrogen) atoms. The van der Waals surface area contributed by atoms with E-state index in [4.69, 9.17) is 14.4 Å². The fraction of sp³-hybridized carbons (Fsp3) is 0.235. The molecule has 6 nitrogen and oxygen atoms in total. The van der Waals surface area contributed by atoms with Crippen molar-refractivity contribution in [2.75, 3.05) is 11.9 Å². The van der Waals surface area contributed by atoms with E-state index in [1.807, 2.05) is 6.07 Å². The number of alkyl halides is 2. The van der Waals surface area contributed by atoms with E-state index in [0.29, 0.717) is 28.0 Å². The topological polar surface area (TPSA) is 92.3 Å². The summed E-state index contributed by atoms with van der Waals surface area (Å²) in [6.07, 6.45) is 0. The zero-order valence-corrected chi connectivity index (χ0v) is 14.7. The van der Waals surface area contributed by atoms with E-state index in [1.165, 1.54) is 24.3 Å². The van der Waals surface area contributed by atoms with E-state index in [2.05, 4.69) is 5.32 Å². The molecule has 1 aromatic carbocycles. The Morgan fingerprint density at radius 1 is 1.31 bits per heavy atom. The minimum Gasteiger partial charge on any atom is -0.452 e. The summed E-state index contributed by atoms with van der Waals surface area (Å²) in [5, 5.41) is 11.4. The fourth-order valence-electron chi connectivity index (χ4n) is 2.00. The highest BCUT2D eigenvalue weighted by atomic mass is 32.2. The van der Waals surface area contributed by atoms with Crippen LogP contribution in [-0.4, -0.2) is 24.2 Å². The lowest BCUT2D eigenvalue weighted by atomic mass is 10.2. The number of esters is 1. The van der Waals surface area contributed by atoms with E-state index in [-0.39, 0.29) is 17.0 Å². The summed E-state index contributed by atoms with van der Waals surface area (Å²) in [7, 11) is 0. The number of anilines is 1. The monoisotopic (exact) mass is 380 g/mol. The van der Waals surface area contributed by atoms with Gasteiger partial charge in [0.1, 0.15) is 17.4 Å². The van der Waals surface area contributed by atoms with Crippen LogP contribution in [-0.2, 0) is 9.53 Å². The van der Waals surface area contributed by atoms with Crippen molar-refractivity contribution < 1.29 is 27.5 Å². The zero-order valence-electron chi connectivity index (χ0n) is 13.8. The summed E-state index contributed by atoms with van der Waals surface area (Å²) >= 11 is 0.359. The number of amides is 1. The number of aryl methyl sites for hydroxylation is 1. The minimum absolute atomic E-state index is 0.00285. The number of halogens is 2. The molecule has 0 fully saturated rings. The maximum Gasteiger partial charge on any atom is 0.338 e. The number of thioether (sulfide) groups is 1. The first kappa shape index (κ1) is 19.5. The normalized spacial score (nSPS) is 10.5. The van der Waals surface area contributed by atoms with Crippen molar-refractivity contribution in [3.63, 3.8) is 0 Å². The average molecular weight is 380 g/mol. The van der Waals surface area contributed by atoms with Crippen molar-refractivity contribution >= 4 is 29.5 Å². The smallest absolute Gasteiger partial charge is 0.338 e. The van der Waals surface area contributed by atoms with Crippen LogP contribution in [0.2, 0.25) is 0 Å². The molecule has 0 saturated heterocycles. The van der Waals surface area contributed by atoms with Crippen molar-refractivity contribution in [3.05, 3.63) is 46.7 Å². The van der Waals surface area contributed by atoms with Gasteiger partial charge in [0, 0.05) is 10.5 Å². The summed E-state index contributed by atoms with van der Waals surface area (Å²) in [6.45, 7) is 2.75. The van der Waals surface area contributed by atoms with Gasteiger partial charge in [0.05, 0.1) is 5.56 Å². The molecule has 1 aromatic heterocycles. The van der Waals surface area contributed by atoms with Gasteiger partial charge < -0.3 is 9.15 Å². The Morgan fingerprint density at radius 3 is 2.54 bits per heavy atom. The lowest BCUT2D eigenvalue weighted by Crippen LogP contribution is -2.21. The fourth-order valence-corrected chi connectivity index (χ4v) is 2.50. The Morgan fingerprint density at radius 2 is 1.96 bits per heavy atom. The number of nitriles is 1. The highest BCUT2D eigenvalue weighted by Gasteiger charge is 2.18. The number of furan rings is 1. The lowest BCUT2D eigenvalue weighted by Gasteiger charge is -2.06. The first-order valence-electron chi connectivity index (χ1n) is 7.33. The Kier molecular flexibility index (Phi) is 6.36. The third kappa shape index (κ3) is 4.83. The number of carbonyl (C=O) groups excluding carboxylic acids is 2. The first-order chi connectivity index (χ1) is 12.3. The molecule has 0 atom stereocenters. The first-order valence-corrected chi connectivity index (χ1v) is 8.21. The quantitative estimate of drug-likeness (QED) is 0.604. The van der Waals surface area contributed by atoms with Crippen molar-refractivity contribution in [2.24, 2.45) is 0 Å². The molecule has 136 valence electrons. The van der Waals surface area contributed by atoms with E-state index < -0.39 is 24.2 Å². The molecule has 2 aromatic rings. The van der Waals surface area contributed by atoms with Crippen LogP contribution in [0.25, 0.3) is 0 Å². The number of hydrogen-bond donors (Lipinski definition) is 1. The summed E-state index contributed by atoms with van der Waals surface area (Å²) in [6, 6.07) is 7.31. The van der Waals surface area contributed by atoms with Gasteiger partial charge in [-0.1, -0.05) is 11.8 Å². The number of rotatable bonds is 6. The molecule has 0 unspecified atom stereocenters. The minimum atomic E-state index is -2.55. The van der Waals surface area contributed by atoms with Crippen molar-refractivity contribution in [1.82, 2.24) is 0 Å². The van der Waals surface area contributed by atoms with Crippen molar-refractivity contribution in [3.8, 4) is 6.07 Å². The van der Waals surface area contributed by atoms with Crippen LogP contribution in [0.15, 0.2) is 33.6 Å². The standard InChI is InChI=1S/C17H14F2N2O4S/c1-9-10(2)25-15(13(9)7-20)21-14(22)8-24-16(23)11-3-5-12(6-4-11)26-17(18)19/h3-6,17H,8H2,1-2H3,(H,21,22). The van der Waals surface area contributed by atoms with Crippen LogP contribution in [0.1, 0.15) is 27.2 Å². The molecule has 0 aliphatic carbocycles. The largest absolute Gasteiger partial charge is 0.452 e. The van der Waals surface area contributed by atoms with Crippen molar-refractivity contribution in [1.29, 1.82) is 5.26 Å². The Bertz CT molecular complexity index is 857. The predicted octanol–water partition coefficient (Wildman–Crippen LogP) is 3.88. The van der Waals surface area contributed by atoms with Crippen LogP contribution < -0.4 is 5.32 Å². The second kappa shape index (κ2) is 8.49. The van der Waals surface area contributed by atoms with Crippen LogP contribution in [0, 0.1) is 25.2 Å². The van der Waals surface area contributed by atoms with Crippen LogP contribution in [0.3, 0.4) is 0 Å². The molecule has 0 aliphatic rings. The van der Waals surface area contributed by atoms with Gasteiger partial charge in [-0.05, 0) is 38.1 Å². The maximum absolute atomic E-state index is 12.2. The molecule has 2 rings (SSSR count). The van der Waals surface area contributed by atoms with Gasteiger partial charge >= 0.3 is 5.97 Å².